The number of phenols is 1. The molecule has 0 aliphatic rings. The molecule has 2 nitrogen and oxygen atoms in total. The third-order valence-electron chi connectivity index (χ3n) is 2.22. The minimum Gasteiger partial charge on any atom is -0.508 e. The van der Waals surface area contributed by atoms with Gasteiger partial charge in [0.15, 0.2) is 5.30 Å². The van der Waals surface area contributed by atoms with E-state index < -0.39 is 8.46 Å². The van der Waals surface area contributed by atoms with Gasteiger partial charge in [0.2, 0.25) is 0 Å². The fraction of sp³-hybridized carbons (Fsp3) is 0. The highest BCUT2D eigenvalue weighted by atomic mass is 31.1. The van der Waals surface area contributed by atoms with Crippen molar-refractivity contribution in [2.45, 2.75) is 0 Å². The van der Waals surface area contributed by atoms with E-state index in [0.717, 1.165) is 16.4 Å². The van der Waals surface area contributed by atoms with E-state index in [0.29, 0.717) is 0 Å². The molecule has 1 atom stereocenters. The lowest BCUT2D eigenvalue weighted by molar-refractivity contribution is 0.475. The van der Waals surface area contributed by atoms with Crippen LogP contribution in [0.4, 0.5) is 0 Å². The molecule has 0 spiro atoms. The molecule has 0 amide bonds. The van der Waals surface area contributed by atoms with Crippen LogP contribution in [-0.4, -0.2) is 5.11 Å². The van der Waals surface area contributed by atoms with Crippen LogP contribution in [0.3, 0.4) is 0 Å². The van der Waals surface area contributed by atoms with E-state index in [1.165, 1.54) is 0 Å². The Kier molecular flexibility index (Phi) is 2.79. The summed E-state index contributed by atoms with van der Waals surface area (Å²) in [6.07, 6.45) is 0. The molecule has 0 bridgehead atoms. The first-order chi connectivity index (χ1) is 7.31. The van der Waals surface area contributed by atoms with Gasteiger partial charge in [0.25, 0.3) is 0 Å². The summed E-state index contributed by atoms with van der Waals surface area (Å²) in [4.78, 5) is 0. The van der Waals surface area contributed by atoms with Crippen molar-refractivity contribution in [2.75, 3.05) is 0 Å². The summed E-state index contributed by atoms with van der Waals surface area (Å²) in [5.41, 5.74) is 1.91. The zero-order chi connectivity index (χ0) is 10.7. The van der Waals surface area contributed by atoms with Crippen LogP contribution in [0.2, 0.25) is 0 Å². The first kappa shape index (κ1) is 9.88. The van der Waals surface area contributed by atoms with Crippen LogP contribution in [0.5, 0.6) is 5.75 Å². The molecule has 74 valence electrons. The third kappa shape index (κ3) is 2.05. The van der Waals surface area contributed by atoms with Crippen molar-refractivity contribution >= 4 is 13.8 Å². The molecule has 1 N–H and O–H groups in total. The predicted molar refractivity (Wildman–Crippen MR) is 62.2 cm³/mol. The molecule has 0 aliphatic carbocycles. The average Bonchev–Trinajstić information content (AvgIpc) is 2.30. The Labute approximate surface area is 89.4 Å². The molecule has 2 rings (SSSR count). The summed E-state index contributed by atoms with van der Waals surface area (Å²) >= 11 is 0. The van der Waals surface area contributed by atoms with E-state index in [4.69, 9.17) is 0 Å². The average molecular weight is 217 g/mol. The van der Waals surface area contributed by atoms with Gasteiger partial charge in [-0.2, -0.15) is 0 Å². The number of phenolic OH excluding ortho intramolecular Hbond substituents is 1. The standard InChI is InChI=1S/C12H9O2P/c13-10-7-5-9(6-8-10)11-3-1-2-4-12(11)15-14/h1-8,13H/p+1. The molecule has 0 heterocycles. The van der Waals surface area contributed by atoms with E-state index >= 15 is 0 Å². The maximum absolute atomic E-state index is 11.0. The van der Waals surface area contributed by atoms with Crippen LogP contribution >= 0.6 is 8.46 Å². The molecule has 3 heteroatoms. The molecule has 15 heavy (non-hydrogen) atoms. The van der Waals surface area contributed by atoms with Crippen molar-refractivity contribution in [1.29, 1.82) is 0 Å². The van der Waals surface area contributed by atoms with Crippen LogP contribution in [0.15, 0.2) is 48.5 Å². The topological polar surface area (TPSA) is 37.3 Å². The zero-order valence-electron chi connectivity index (χ0n) is 7.97. The molecule has 1 unspecified atom stereocenters. The number of rotatable bonds is 2. The van der Waals surface area contributed by atoms with Gasteiger partial charge < -0.3 is 5.11 Å². The van der Waals surface area contributed by atoms with E-state index in [-0.39, 0.29) is 5.75 Å². The van der Waals surface area contributed by atoms with Crippen LogP contribution in [0.1, 0.15) is 0 Å². The summed E-state index contributed by atoms with van der Waals surface area (Å²) in [7, 11) is -0.461. The molecular formula is C12H10O2P+. The van der Waals surface area contributed by atoms with Crippen LogP contribution in [0.25, 0.3) is 11.1 Å². The van der Waals surface area contributed by atoms with Gasteiger partial charge in [0, 0.05) is 5.56 Å². The van der Waals surface area contributed by atoms with Crippen molar-refractivity contribution in [3.8, 4) is 16.9 Å². The normalized spacial score (nSPS) is 10.4. The zero-order valence-corrected chi connectivity index (χ0v) is 8.97. The highest BCUT2D eigenvalue weighted by Gasteiger charge is 2.09. The Morgan fingerprint density at radius 2 is 1.60 bits per heavy atom. The van der Waals surface area contributed by atoms with Gasteiger partial charge in [0.1, 0.15) is 5.75 Å². The van der Waals surface area contributed by atoms with E-state index in [1.54, 1.807) is 12.1 Å². The van der Waals surface area contributed by atoms with Gasteiger partial charge in [0.05, 0.1) is 0 Å². The molecular weight excluding hydrogens is 207 g/mol. The number of benzene rings is 2. The van der Waals surface area contributed by atoms with Crippen LogP contribution < -0.4 is 5.30 Å². The molecule has 0 aromatic heterocycles. The van der Waals surface area contributed by atoms with Gasteiger partial charge in [-0.1, -0.05) is 28.8 Å². The summed E-state index contributed by atoms with van der Waals surface area (Å²) in [5, 5.41) is 9.98. The Morgan fingerprint density at radius 1 is 0.933 bits per heavy atom. The summed E-state index contributed by atoms with van der Waals surface area (Å²) in [6, 6.07) is 14.4. The quantitative estimate of drug-likeness (QED) is 0.785. The number of hydrogen-bond donors (Lipinski definition) is 1. The second-order valence-corrected chi connectivity index (χ2v) is 3.94. The smallest absolute Gasteiger partial charge is 0.363 e. The van der Waals surface area contributed by atoms with Crippen molar-refractivity contribution in [1.82, 2.24) is 0 Å². The molecule has 0 radical (unpaired) electrons. The van der Waals surface area contributed by atoms with Crippen molar-refractivity contribution in [3.05, 3.63) is 48.5 Å². The van der Waals surface area contributed by atoms with E-state index in [9.17, 15) is 9.67 Å². The lowest BCUT2D eigenvalue weighted by Crippen LogP contribution is -1.95. The van der Waals surface area contributed by atoms with Gasteiger partial charge in [-0.3, -0.25) is 0 Å². The second-order valence-electron chi connectivity index (χ2n) is 3.19. The number of hydrogen-bond acceptors (Lipinski definition) is 2. The SMILES string of the molecule is O=[PH+]c1ccccc1-c1ccc(O)cc1. The molecule has 0 saturated carbocycles. The fourth-order valence-electron chi connectivity index (χ4n) is 1.46. The van der Waals surface area contributed by atoms with Crippen molar-refractivity contribution in [2.24, 2.45) is 0 Å². The maximum Gasteiger partial charge on any atom is 0.363 e. The molecule has 0 fully saturated rings. The predicted octanol–water partition coefficient (Wildman–Crippen LogP) is 2.71. The first-order valence-electron chi connectivity index (χ1n) is 4.58. The molecule has 0 aliphatic heterocycles. The highest BCUT2D eigenvalue weighted by molar-refractivity contribution is 7.34. The Balaban J connectivity index is 2.53. The Morgan fingerprint density at radius 3 is 2.27 bits per heavy atom. The fourth-order valence-corrected chi connectivity index (χ4v) is 1.97. The van der Waals surface area contributed by atoms with Gasteiger partial charge in [-0.15, -0.1) is 0 Å². The largest absolute Gasteiger partial charge is 0.508 e. The lowest BCUT2D eigenvalue weighted by atomic mass is 10.1. The molecule has 0 saturated heterocycles. The summed E-state index contributed by atoms with van der Waals surface area (Å²) in [5.74, 6) is 0.237. The van der Waals surface area contributed by atoms with Crippen molar-refractivity contribution < 1.29 is 9.67 Å². The number of aromatic hydroxyl groups is 1. The molecule has 2 aromatic carbocycles. The van der Waals surface area contributed by atoms with Gasteiger partial charge in [-0.25, -0.2) is 0 Å². The van der Waals surface area contributed by atoms with E-state index in [1.807, 2.05) is 36.4 Å². The minimum atomic E-state index is -0.461. The monoisotopic (exact) mass is 217 g/mol. The van der Waals surface area contributed by atoms with Gasteiger partial charge >= 0.3 is 8.46 Å². The third-order valence-corrected chi connectivity index (χ3v) is 2.87. The minimum absolute atomic E-state index is 0.237. The summed E-state index contributed by atoms with van der Waals surface area (Å²) in [6.45, 7) is 0. The maximum atomic E-state index is 11.0. The highest BCUT2D eigenvalue weighted by Crippen LogP contribution is 2.22. The van der Waals surface area contributed by atoms with Crippen LogP contribution in [-0.2, 0) is 4.57 Å². The van der Waals surface area contributed by atoms with Crippen molar-refractivity contribution in [3.63, 3.8) is 0 Å². The summed E-state index contributed by atoms with van der Waals surface area (Å²) < 4.78 is 11.0. The second kappa shape index (κ2) is 4.24. The van der Waals surface area contributed by atoms with Gasteiger partial charge in [-0.05, 0) is 29.8 Å². The Hall–Kier alpha value is -1.66. The lowest BCUT2D eigenvalue weighted by Gasteiger charge is -2.00. The molecule has 2 aromatic rings. The van der Waals surface area contributed by atoms with E-state index in [2.05, 4.69) is 0 Å². The van der Waals surface area contributed by atoms with Crippen LogP contribution in [0, 0.1) is 0 Å². The first-order valence-corrected chi connectivity index (χ1v) is 5.48. The Bertz CT molecular complexity index is 477.